The highest BCUT2D eigenvalue weighted by atomic mass is 32.2. The van der Waals surface area contributed by atoms with Crippen LogP contribution in [0.15, 0.2) is 89.8 Å². The predicted octanol–water partition coefficient (Wildman–Crippen LogP) is 3.85. The minimum Gasteiger partial charge on any atom is -0.481 e. The first-order valence-electron chi connectivity index (χ1n) is 10.8. The summed E-state index contributed by atoms with van der Waals surface area (Å²) in [6.07, 6.45) is 0. The Labute approximate surface area is 202 Å². The van der Waals surface area contributed by atoms with Crippen LogP contribution in [-0.4, -0.2) is 26.8 Å². The first-order valence-corrected chi connectivity index (χ1v) is 12.3. The molecule has 0 fully saturated rings. The van der Waals surface area contributed by atoms with Crippen LogP contribution in [0.3, 0.4) is 0 Å². The maximum atomic E-state index is 12.7. The number of amides is 1. The third-order valence-corrected chi connectivity index (χ3v) is 7.16. The van der Waals surface area contributed by atoms with Crippen LogP contribution in [-0.2, 0) is 21.4 Å². The quantitative estimate of drug-likeness (QED) is 0.282. The number of rotatable bonds is 6. The molecule has 1 amide bonds. The fraction of sp³-hybridized carbons (Fsp3) is 0.0769. The number of amidine groups is 1. The summed E-state index contributed by atoms with van der Waals surface area (Å²) >= 11 is 0. The van der Waals surface area contributed by atoms with Gasteiger partial charge in [-0.15, -0.1) is 0 Å². The Morgan fingerprint density at radius 1 is 0.971 bits per heavy atom. The molecule has 0 bridgehead atoms. The van der Waals surface area contributed by atoms with Gasteiger partial charge in [-0.25, -0.2) is 8.42 Å². The number of carbonyl (C=O) groups excluding carboxylic acids is 1. The van der Waals surface area contributed by atoms with Gasteiger partial charge >= 0.3 is 0 Å². The Morgan fingerprint density at radius 2 is 1.74 bits per heavy atom. The molecule has 35 heavy (non-hydrogen) atoms. The van der Waals surface area contributed by atoms with Crippen LogP contribution >= 0.6 is 0 Å². The zero-order valence-electron chi connectivity index (χ0n) is 18.6. The van der Waals surface area contributed by atoms with Gasteiger partial charge in [-0.05, 0) is 52.7 Å². The number of carbonyl (C=O) groups is 1. The fourth-order valence-electron chi connectivity index (χ4n) is 4.00. The van der Waals surface area contributed by atoms with Gasteiger partial charge in [0.1, 0.15) is 11.6 Å². The summed E-state index contributed by atoms with van der Waals surface area (Å²) in [5.74, 6) is 0.207. The van der Waals surface area contributed by atoms with E-state index < -0.39 is 10.0 Å². The van der Waals surface area contributed by atoms with E-state index in [1.54, 1.807) is 47.4 Å². The Balaban J connectivity index is 1.42. The summed E-state index contributed by atoms with van der Waals surface area (Å²) in [5, 5.41) is 9.59. The van der Waals surface area contributed by atoms with Gasteiger partial charge in [0.05, 0.1) is 22.8 Å². The topological polar surface area (TPSA) is 126 Å². The van der Waals surface area contributed by atoms with Crippen molar-refractivity contribution < 1.29 is 17.9 Å². The third-order valence-electron chi connectivity index (χ3n) is 5.76. The molecule has 1 aliphatic rings. The summed E-state index contributed by atoms with van der Waals surface area (Å²) < 4.78 is 33.5. The first kappa shape index (κ1) is 22.4. The summed E-state index contributed by atoms with van der Waals surface area (Å²) in [7, 11) is -3.75. The van der Waals surface area contributed by atoms with E-state index in [1.807, 2.05) is 30.3 Å². The van der Waals surface area contributed by atoms with Gasteiger partial charge in [-0.1, -0.05) is 42.5 Å². The lowest BCUT2D eigenvalue weighted by Crippen LogP contribution is -2.38. The molecule has 0 atom stereocenters. The standard InChI is InChI=1S/C26H22N4O4S/c27-26(28)19-9-8-18-7-6-17(12-20(18)13-19)15-30-23-11-10-21(14-24(23)34-16-25(30)31)29-35(32,33)22-4-2-1-3-5-22/h1-14,29H,15-16H2,(H3,27,28). The third kappa shape index (κ3) is 4.53. The molecular formula is C26H22N4O4S. The lowest BCUT2D eigenvalue weighted by molar-refractivity contribution is -0.121. The lowest BCUT2D eigenvalue weighted by Gasteiger charge is -2.30. The normalized spacial score (nSPS) is 13.3. The van der Waals surface area contributed by atoms with Crippen molar-refractivity contribution in [3.05, 3.63) is 96.1 Å². The summed E-state index contributed by atoms with van der Waals surface area (Å²) in [6.45, 7) is 0.161. The molecule has 8 nitrogen and oxygen atoms in total. The number of nitrogens with one attached hydrogen (secondary N) is 2. The van der Waals surface area contributed by atoms with E-state index in [-0.39, 0.29) is 23.2 Å². The summed E-state index contributed by atoms with van der Waals surface area (Å²) in [5.41, 5.74) is 8.04. The molecule has 0 aliphatic carbocycles. The summed E-state index contributed by atoms with van der Waals surface area (Å²) in [4.78, 5) is 14.5. The van der Waals surface area contributed by atoms with E-state index in [2.05, 4.69) is 4.72 Å². The molecule has 0 spiro atoms. The van der Waals surface area contributed by atoms with E-state index in [0.29, 0.717) is 29.2 Å². The van der Waals surface area contributed by atoms with E-state index in [9.17, 15) is 13.2 Å². The number of anilines is 2. The van der Waals surface area contributed by atoms with Crippen LogP contribution < -0.4 is 20.1 Å². The van der Waals surface area contributed by atoms with Crippen LogP contribution in [0.5, 0.6) is 5.75 Å². The highest BCUT2D eigenvalue weighted by molar-refractivity contribution is 7.92. The van der Waals surface area contributed by atoms with Crippen molar-refractivity contribution in [2.24, 2.45) is 5.73 Å². The molecule has 1 aliphatic heterocycles. The Kier molecular flexibility index (Phi) is 5.62. The van der Waals surface area contributed by atoms with E-state index in [1.165, 1.54) is 12.1 Å². The van der Waals surface area contributed by atoms with Crippen molar-refractivity contribution in [3.8, 4) is 5.75 Å². The van der Waals surface area contributed by atoms with Gasteiger partial charge in [-0.2, -0.15) is 0 Å². The fourth-order valence-corrected chi connectivity index (χ4v) is 5.07. The highest BCUT2D eigenvalue weighted by Crippen LogP contribution is 2.36. The van der Waals surface area contributed by atoms with Crippen LogP contribution in [0, 0.1) is 5.41 Å². The number of ether oxygens (including phenoxy) is 1. The van der Waals surface area contributed by atoms with Gasteiger partial charge in [-0.3, -0.25) is 14.9 Å². The molecule has 1 heterocycles. The smallest absolute Gasteiger partial charge is 0.265 e. The molecular weight excluding hydrogens is 464 g/mol. The predicted molar refractivity (Wildman–Crippen MR) is 135 cm³/mol. The van der Waals surface area contributed by atoms with Crippen molar-refractivity contribution in [3.63, 3.8) is 0 Å². The number of nitrogens with zero attached hydrogens (tertiary/aromatic N) is 1. The molecule has 0 saturated carbocycles. The monoisotopic (exact) mass is 486 g/mol. The number of nitrogens with two attached hydrogens (primary N) is 1. The van der Waals surface area contributed by atoms with Crippen LogP contribution in [0.2, 0.25) is 0 Å². The molecule has 0 saturated heterocycles. The maximum absolute atomic E-state index is 12.7. The van der Waals surface area contributed by atoms with Gasteiger partial charge in [0.2, 0.25) is 0 Å². The average Bonchev–Trinajstić information content (AvgIpc) is 2.85. The van der Waals surface area contributed by atoms with Crippen LogP contribution in [0.1, 0.15) is 11.1 Å². The van der Waals surface area contributed by atoms with Crippen molar-refractivity contribution >= 4 is 43.9 Å². The molecule has 4 aromatic rings. The van der Waals surface area contributed by atoms with Crippen molar-refractivity contribution in [1.82, 2.24) is 0 Å². The molecule has 9 heteroatoms. The van der Waals surface area contributed by atoms with Gasteiger partial charge in [0.15, 0.2) is 6.61 Å². The number of sulfonamides is 1. The molecule has 0 aromatic heterocycles. The minimum absolute atomic E-state index is 0.00622. The average molecular weight is 487 g/mol. The van der Waals surface area contributed by atoms with Crippen molar-refractivity contribution in [2.45, 2.75) is 11.4 Å². The summed E-state index contributed by atoms with van der Waals surface area (Å²) in [6, 6.07) is 24.4. The number of hydrogen-bond acceptors (Lipinski definition) is 5. The van der Waals surface area contributed by atoms with Crippen molar-refractivity contribution in [1.29, 1.82) is 5.41 Å². The Morgan fingerprint density at radius 3 is 2.51 bits per heavy atom. The van der Waals surface area contributed by atoms with E-state index in [4.69, 9.17) is 15.9 Å². The van der Waals surface area contributed by atoms with Gasteiger partial charge < -0.3 is 15.4 Å². The number of fused-ring (bicyclic) bond motifs is 2. The molecule has 5 rings (SSSR count). The zero-order valence-corrected chi connectivity index (χ0v) is 19.4. The number of benzene rings is 4. The van der Waals surface area contributed by atoms with Gasteiger partial charge in [0, 0.05) is 11.6 Å². The van der Waals surface area contributed by atoms with E-state index >= 15 is 0 Å². The molecule has 0 unspecified atom stereocenters. The second-order valence-electron chi connectivity index (χ2n) is 8.18. The molecule has 176 valence electrons. The largest absolute Gasteiger partial charge is 0.481 e. The SMILES string of the molecule is N=C(N)c1ccc2ccc(CN3C(=O)COc4cc(NS(=O)(=O)c5ccccc5)ccc43)cc2c1. The maximum Gasteiger partial charge on any atom is 0.265 e. The highest BCUT2D eigenvalue weighted by Gasteiger charge is 2.26. The van der Waals surface area contributed by atoms with Gasteiger partial charge in [0.25, 0.3) is 15.9 Å². The minimum atomic E-state index is -3.75. The second-order valence-corrected chi connectivity index (χ2v) is 9.86. The van der Waals surface area contributed by atoms with E-state index in [0.717, 1.165) is 16.3 Å². The molecule has 4 N–H and O–H groups in total. The Hall–Kier alpha value is -4.37. The number of hydrogen-bond donors (Lipinski definition) is 3. The Bertz CT molecular complexity index is 1570. The first-order chi connectivity index (χ1) is 16.8. The van der Waals surface area contributed by atoms with Crippen LogP contribution in [0.4, 0.5) is 11.4 Å². The van der Waals surface area contributed by atoms with Crippen molar-refractivity contribution in [2.75, 3.05) is 16.2 Å². The zero-order chi connectivity index (χ0) is 24.6. The number of nitrogen functional groups attached to an aromatic ring is 1. The molecule has 4 aromatic carbocycles. The lowest BCUT2D eigenvalue weighted by atomic mass is 10.0. The van der Waals surface area contributed by atoms with Crippen LogP contribution in [0.25, 0.3) is 10.8 Å². The molecule has 0 radical (unpaired) electrons. The second kappa shape index (κ2) is 8.77.